The van der Waals surface area contributed by atoms with Crippen LogP contribution in [-0.2, 0) is 4.79 Å². The zero-order chi connectivity index (χ0) is 17.4. The lowest BCUT2D eigenvalue weighted by Gasteiger charge is -2.13. The third-order valence-electron chi connectivity index (χ3n) is 4.21. The lowest BCUT2D eigenvalue weighted by molar-refractivity contribution is -0.137. The van der Waals surface area contributed by atoms with E-state index in [-0.39, 0.29) is 18.8 Å². The molecule has 1 saturated carbocycles. The highest BCUT2D eigenvalue weighted by atomic mass is 35.5. The summed E-state index contributed by atoms with van der Waals surface area (Å²) in [6.45, 7) is 0.292. The molecule has 0 aliphatic heterocycles. The molecule has 25 heavy (non-hydrogen) atoms. The fourth-order valence-corrected chi connectivity index (χ4v) is 2.86. The Hall–Kier alpha value is -1.79. The summed E-state index contributed by atoms with van der Waals surface area (Å²) in [6.07, 6.45) is 9.71. The number of hydrogen-bond donors (Lipinski definition) is 2. The Morgan fingerprint density at radius 2 is 2.12 bits per heavy atom. The molecule has 0 amide bonds. The van der Waals surface area contributed by atoms with E-state index in [1.807, 2.05) is 0 Å². The maximum Gasteiger partial charge on any atom is 0.303 e. The van der Waals surface area contributed by atoms with Crippen molar-refractivity contribution in [3.05, 3.63) is 24.0 Å². The monoisotopic (exact) mass is 371 g/mol. The van der Waals surface area contributed by atoms with Gasteiger partial charge in [0.1, 0.15) is 0 Å². The smallest absolute Gasteiger partial charge is 0.303 e. The van der Waals surface area contributed by atoms with Gasteiger partial charge in [0, 0.05) is 12.5 Å². The Balaban J connectivity index is 0.00000312. The Morgan fingerprint density at radius 1 is 1.40 bits per heavy atom. The minimum Gasteiger partial charge on any atom is -0.493 e. The molecule has 1 unspecified atom stereocenters. The quantitative estimate of drug-likeness (QED) is 0.647. The number of carboxylic acids is 1. The first-order chi connectivity index (χ1) is 11.6. The molecule has 6 nitrogen and oxygen atoms in total. The molecule has 0 spiro atoms. The van der Waals surface area contributed by atoms with E-state index in [1.165, 1.54) is 12.8 Å². The molecule has 1 aromatic rings. The second-order valence-corrected chi connectivity index (χ2v) is 6.00. The first-order valence-electron chi connectivity index (χ1n) is 8.35. The van der Waals surface area contributed by atoms with Crippen molar-refractivity contribution < 1.29 is 24.5 Å². The van der Waals surface area contributed by atoms with E-state index in [1.54, 1.807) is 31.5 Å². The van der Waals surface area contributed by atoms with Crippen LogP contribution in [0.25, 0.3) is 6.08 Å². The Bertz CT molecular complexity index is 573. The number of aliphatic hydroxyl groups is 1. The molecule has 0 bridgehead atoms. The topological polar surface area (TPSA) is 88.9 Å². The highest BCUT2D eigenvalue weighted by molar-refractivity contribution is 5.85. The van der Waals surface area contributed by atoms with Gasteiger partial charge >= 0.3 is 5.97 Å². The molecule has 1 heterocycles. The van der Waals surface area contributed by atoms with Gasteiger partial charge in [0.15, 0.2) is 11.5 Å². The number of aromatic nitrogens is 1. The van der Waals surface area contributed by atoms with E-state index in [9.17, 15) is 9.90 Å². The predicted octanol–water partition coefficient (Wildman–Crippen LogP) is 3.32. The van der Waals surface area contributed by atoms with Gasteiger partial charge < -0.3 is 19.7 Å². The van der Waals surface area contributed by atoms with Crippen molar-refractivity contribution in [3.8, 4) is 11.5 Å². The molecule has 0 radical (unpaired) electrons. The number of hydrogen-bond acceptors (Lipinski definition) is 5. The van der Waals surface area contributed by atoms with Crippen molar-refractivity contribution in [1.82, 2.24) is 4.98 Å². The maximum absolute atomic E-state index is 10.5. The van der Waals surface area contributed by atoms with E-state index in [2.05, 4.69) is 4.98 Å². The lowest BCUT2D eigenvalue weighted by atomic mass is 10.0. The van der Waals surface area contributed by atoms with E-state index < -0.39 is 12.1 Å². The largest absolute Gasteiger partial charge is 0.493 e. The van der Waals surface area contributed by atoms with Crippen LogP contribution >= 0.6 is 12.4 Å². The number of halogens is 1. The second kappa shape index (κ2) is 10.9. The first kappa shape index (κ1) is 21.3. The third kappa shape index (κ3) is 6.92. The van der Waals surface area contributed by atoms with E-state index in [0.717, 1.165) is 12.8 Å². The Kier molecular flexibility index (Phi) is 9.31. The molecule has 1 fully saturated rings. The second-order valence-electron chi connectivity index (χ2n) is 6.00. The van der Waals surface area contributed by atoms with Crippen LogP contribution in [0, 0.1) is 5.92 Å². The first-order valence-corrected chi connectivity index (χ1v) is 8.35. The standard InChI is InChI=1S/C18H25NO5.ClH/c1-23-16-11-14(8-9-15(20)13-5-2-3-6-13)19-12-17(16)24-10-4-7-18(21)22;/h8-9,11-13,15,20H,2-7,10H2,1H3,(H,21,22);1H/b9-8+;. The predicted molar refractivity (Wildman–Crippen MR) is 97.4 cm³/mol. The van der Waals surface area contributed by atoms with Crippen LogP contribution in [0.2, 0.25) is 0 Å². The molecular weight excluding hydrogens is 346 g/mol. The highest BCUT2D eigenvalue weighted by Crippen LogP contribution is 2.29. The van der Waals surface area contributed by atoms with Gasteiger partial charge in [-0.25, -0.2) is 0 Å². The molecule has 1 aliphatic rings. The molecule has 0 aromatic carbocycles. The van der Waals surface area contributed by atoms with Gasteiger partial charge in [0.2, 0.25) is 0 Å². The lowest BCUT2D eigenvalue weighted by Crippen LogP contribution is -2.14. The van der Waals surface area contributed by atoms with Gasteiger partial charge in [-0.15, -0.1) is 12.4 Å². The summed E-state index contributed by atoms with van der Waals surface area (Å²) >= 11 is 0. The summed E-state index contributed by atoms with van der Waals surface area (Å²) in [5, 5.41) is 18.8. The highest BCUT2D eigenvalue weighted by Gasteiger charge is 2.20. The number of carbonyl (C=O) groups is 1. The molecule has 140 valence electrons. The van der Waals surface area contributed by atoms with Crippen LogP contribution < -0.4 is 9.47 Å². The van der Waals surface area contributed by atoms with Gasteiger partial charge in [-0.05, 0) is 31.3 Å². The summed E-state index contributed by atoms with van der Waals surface area (Å²) in [6, 6.07) is 1.74. The van der Waals surface area contributed by atoms with Crippen molar-refractivity contribution >= 4 is 24.5 Å². The molecule has 1 aliphatic carbocycles. The van der Waals surface area contributed by atoms with Crippen molar-refractivity contribution in [3.63, 3.8) is 0 Å². The van der Waals surface area contributed by atoms with Crippen molar-refractivity contribution in [2.24, 2.45) is 5.92 Å². The summed E-state index contributed by atoms with van der Waals surface area (Å²) < 4.78 is 10.8. The van der Waals surface area contributed by atoms with E-state index in [4.69, 9.17) is 14.6 Å². The Labute approximate surface area is 154 Å². The molecule has 2 rings (SSSR count). The number of pyridine rings is 1. The molecule has 7 heteroatoms. The minimum absolute atomic E-state index is 0. The fraction of sp³-hybridized carbons (Fsp3) is 0.556. The number of aliphatic hydroxyl groups excluding tert-OH is 1. The van der Waals surface area contributed by atoms with Gasteiger partial charge in [0.05, 0.1) is 31.7 Å². The SMILES string of the molecule is COc1cc(/C=C/C(O)C2CCCC2)ncc1OCCCC(=O)O.Cl. The molecule has 2 N–H and O–H groups in total. The molecule has 1 atom stereocenters. The summed E-state index contributed by atoms with van der Waals surface area (Å²) in [5.74, 6) is 0.525. The van der Waals surface area contributed by atoms with Crippen molar-refractivity contribution in [1.29, 1.82) is 0 Å². The molecular formula is C18H26ClNO5. The van der Waals surface area contributed by atoms with Crippen molar-refractivity contribution in [2.45, 2.75) is 44.6 Å². The van der Waals surface area contributed by atoms with Crippen LogP contribution in [-0.4, -0.2) is 41.0 Å². The summed E-state index contributed by atoms with van der Waals surface area (Å²) in [4.78, 5) is 14.8. The molecule has 0 saturated heterocycles. The zero-order valence-electron chi connectivity index (χ0n) is 14.4. The van der Waals surface area contributed by atoms with Crippen LogP contribution in [0.4, 0.5) is 0 Å². The number of nitrogens with zero attached hydrogens (tertiary/aromatic N) is 1. The third-order valence-corrected chi connectivity index (χ3v) is 4.21. The van der Waals surface area contributed by atoms with Crippen LogP contribution in [0.15, 0.2) is 18.3 Å². The average molecular weight is 372 g/mol. The van der Waals surface area contributed by atoms with Gasteiger partial charge in [-0.2, -0.15) is 0 Å². The van der Waals surface area contributed by atoms with Gasteiger partial charge in [-0.3, -0.25) is 9.78 Å². The number of aliphatic carboxylic acids is 1. The number of ether oxygens (including phenoxy) is 2. The van der Waals surface area contributed by atoms with Gasteiger partial charge in [0.25, 0.3) is 0 Å². The Morgan fingerprint density at radius 3 is 2.76 bits per heavy atom. The van der Waals surface area contributed by atoms with Crippen molar-refractivity contribution in [2.75, 3.05) is 13.7 Å². The van der Waals surface area contributed by atoms with Crippen LogP contribution in [0.1, 0.15) is 44.2 Å². The van der Waals surface area contributed by atoms with E-state index in [0.29, 0.717) is 36.1 Å². The number of rotatable bonds is 9. The zero-order valence-corrected chi connectivity index (χ0v) is 15.2. The fourth-order valence-electron chi connectivity index (χ4n) is 2.86. The minimum atomic E-state index is -0.843. The number of methoxy groups -OCH3 is 1. The van der Waals surface area contributed by atoms with Crippen LogP contribution in [0.5, 0.6) is 11.5 Å². The number of carboxylic acid groups (broad SMARTS) is 1. The van der Waals surface area contributed by atoms with Gasteiger partial charge in [-0.1, -0.05) is 18.9 Å². The normalized spacial score (nSPS) is 15.8. The van der Waals surface area contributed by atoms with Crippen LogP contribution in [0.3, 0.4) is 0 Å². The maximum atomic E-state index is 10.5. The summed E-state index contributed by atoms with van der Waals surface area (Å²) in [5.41, 5.74) is 0.682. The molecule has 1 aromatic heterocycles. The summed E-state index contributed by atoms with van der Waals surface area (Å²) in [7, 11) is 1.54. The van der Waals surface area contributed by atoms with E-state index >= 15 is 0 Å². The average Bonchev–Trinajstić information content (AvgIpc) is 3.11.